The van der Waals surface area contributed by atoms with Gasteiger partial charge >= 0.3 is 12.1 Å². The van der Waals surface area contributed by atoms with Gasteiger partial charge in [-0.3, -0.25) is 14.2 Å². The molecule has 4 rings (SSSR count). The number of nitrogens with zero attached hydrogens (tertiary/aromatic N) is 1. The van der Waals surface area contributed by atoms with Crippen LogP contribution >= 0.6 is 23.2 Å². The Kier molecular flexibility index (Phi) is 7.15. The molecule has 0 bridgehead atoms. The number of aldehydes is 1. The Morgan fingerprint density at radius 1 is 0.912 bits per heavy atom. The van der Waals surface area contributed by atoms with E-state index in [9.17, 15) is 14.4 Å². The van der Waals surface area contributed by atoms with E-state index in [1.54, 1.807) is 66.7 Å². The quantitative estimate of drug-likeness (QED) is 0.185. The van der Waals surface area contributed by atoms with Crippen LogP contribution in [-0.4, -0.2) is 29.7 Å². The molecule has 0 fully saturated rings. The van der Waals surface area contributed by atoms with E-state index >= 15 is 0 Å². The molecule has 0 unspecified atom stereocenters. The first-order valence-corrected chi connectivity index (χ1v) is 10.9. The van der Waals surface area contributed by atoms with Gasteiger partial charge in [0, 0.05) is 22.8 Å². The highest BCUT2D eigenvalue weighted by molar-refractivity contribution is 6.39. The number of aromatic nitrogens is 1. The molecule has 0 amide bonds. The first-order valence-electron chi connectivity index (χ1n) is 10.1. The monoisotopic (exact) mass is 496 g/mol. The van der Waals surface area contributed by atoms with Gasteiger partial charge < -0.3 is 14.8 Å². The summed E-state index contributed by atoms with van der Waals surface area (Å²) in [6.45, 7) is -0.577. The maximum absolute atomic E-state index is 12.4. The van der Waals surface area contributed by atoms with Crippen LogP contribution in [0.1, 0.15) is 15.9 Å². The Balaban J connectivity index is 1.38. The zero-order valence-electron chi connectivity index (χ0n) is 17.7. The van der Waals surface area contributed by atoms with Crippen LogP contribution in [0.3, 0.4) is 0 Å². The number of para-hydroxylation sites is 3. The average Bonchev–Trinajstić information content (AvgIpc) is 3.21. The van der Waals surface area contributed by atoms with Crippen LogP contribution in [0.15, 0.2) is 72.9 Å². The molecule has 0 aliphatic heterocycles. The van der Waals surface area contributed by atoms with Gasteiger partial charge in [-0.1, -0.05) is 65.7 Å². The van der Waals surface area contributed by atoms with Crippen molar-refractivity contribution < 1.29 is 23.9 Å². The second kappa shape index (κ2) is 10.4. The molecular formula is C25H18Cl2N2O5. The van der Waals surface area contributed by atoms with Crippen LogP contribution < -0.4 is 5.32 Å². The lowest BCUT2D eigenvalue weighted by molar-refractivity contribution is -0.150. The fraction of sp³-hybridized carbons (Fsp3) is 0.0800. The Morgan fingerprint density at radius 2 is 1.62 bits per heavy atom. The van der Waals surface area contributed by atoms with Crippen LogP contribution in [0.2, 0.25) is 10.0 Å². The second-order valence-electron chi connectivity index (χ2n) is 7.19. The summed E-state index contributed by atoms with van der Waals surface area (Å²) in [5.41, 5.74) is 2.66. The van der Waals surface area contributed by atoms with Gasteiger partial charge in [0.05, 0.1) is 27.7 Å². The third kappa shape index (κ3) is 5.06. The molecule has 7 nitrogen and oxygen atoms in total. The van der Waals surface area contributed by atoms with E-state index in [2.05, 4.69) is 5.32 Å². The van der Waals surface area contributed by atoms with Crippen LogP contribution in [0.4, 0.5) is 16.2 Å². The summed E-state index contributed by atoms with van der Waals surface area (Å²) in [6.07, 6.45) is 1.19. The molecule has 0 saturated carbocycles. The summed E-state index contributed by atoms with van der Waals surface area (Å²) in [5, 5.41) is 4.64. The van der Waals surface area contributed by atoms with Crippen molar-refractivity contribution in [2.24, 2.45) is 0 Å². The fourth-order valence-electron chi connectivity index (χ4n) is 3.42. The fourth-order valence-corrected chi connectivity index (χ4v) is 3.91. The third-order valence-corrected chi connectivity index (χ3v) is 5.67. The van der Waals surface area contributed by atoms with E-state index in [-0.39, 0.29) is 6.42 Å². The van der Waals surface area contributed by atoms with Crippen LogP contribution in [0.25, 0.3) is 10.9 Å². The minimum absolute atomic E-state index is 0.0788. The van der Waals surface area contributed by atoms with Crippen LogP contribution in [0, 0.1) is 0 Å². The molecule has 172 valence electrons. The minimum Gasteiger partial charge on any atom is -0.428 e. The molecule has 4 aromatic rings. The minimum atomic E-state index is -0.771. The second-order valence-corrected chi connectivity index (χ2v) is 8.00. The lowest BCUT2D eigenvalue weighted by Gasteiger charge is -2.14. The van der Waals surface area contributed by atoms with Crippen LogP contribution in [0.5, 0.6) is 0 Å². The highest BCUT2D eigenvalue weighted by atomic mass is 35.5. The van der Waals surface area contributed by atoms with Gasteiger partial charge in [0.2, 0.25) is 6.79 Å². The summed E-state index contributed by atoms with van der Waals surface area (Å²) < 4.78 is 11.4. The molecule has 1 aromatic heterocycles. The van der Waals surface area contributed by atoms with Gasteiger partial charge in [0.15, 0.2) is 6.29 Å². The highest BCUT2D eigenvalue weighted by Crippen LogP contribution is 2.33. The van der Waals surface area contributed by atoms with E-state index < -0.39 is 18.9 Å². The van der Waals surface area contributed by atoms with Gasteiger partial charge in [-0.2, -0.15) is 0 Å². The molecule has 1 heterocycles. The predicted molar refractivity (Wildman–Crippen MR) is 130 cm³/mol. The molecule has 0 aliphatic carbocycles. The molecule has 3 aromatic carbocycles. The summed E-state index contributed by atoms with van der Waals surface area (Å²) in [6, 6.07) is 19.2. The van der Waals surface area contributed by atoms with E-state index in [0.29, 0.717) is 49.7 Å². The summed E-state index contributed by atoms with van der Waals surface area (Å²) in [4.78, 5) is 36.1. The SMILES string of the molecule is O=Cc1cn(C(=O)OCOC(=O)Cc2ccccc2Nc2c(Cl)cccc2Cl)c2ccccc12. The number of hydrogen-bond donors (Lipinski definition) is 1. The number of carbonyl (C=O) groups is 3. The number of esters is 1. The standard InChI is InChI=1S/C25H18Cl2N2O5/c26-19-8-5-9-20(27)24(19)28-21-10-3-1-6-16(21)12-23(31)33-15-34-25(32)29-13-17(14-30)18-7-2-4-11-22(18)29/h1-11,13-14,28H,12,15H2. The molecule has 0 spiro atoms. The smallest absolute Gasteiger partial charge is 0.421 e. The number of benzene rings is 3. The van der Waals surface area contributed by atoms with E-state index in [1.165, 1.54) is 10.8 Å². The normalized spacial score (nSPS) is 10.6. The van der Waals surface area contributed by atoms with Crippen molar-refractivity contribution in [2.45, 2.75) is 6.42 Å². The molecule has 34 heavy (non-hydrogen) atoms. The van der Waals surface area contributed by atoms with Crippen molar-refractivity contribution in [1.29, 1.82) is 0 Å². The van der Waals surface area contributed by atoms with Gasteiger partial charge in [-0.05, 0) is 29.8 Å². The predicted octanol–water partition coefficient (Wildman–Crippen LogP) is 6.23. The zero-order valence-corrected chi connectivity index (χ0v) is 19.2. The summed E-state index contributed by atoms with van der Waals surface area (Å²) >= 11 is 12.5. The molecule has 0 atom stereocenters. The highest BCUT2D eigenvalue weighted by Gasteiger charge is 2.16. The van der Waals surface area contributed by atoms with Crippen molar-refractivity contribution in [1.82, 2.24) is 4.57 Å². The van der Waals surface area contributed by atoms with Crippen molar-refractivity contribution >= 4 is 63.8 Å². The van der Waals surface area contributed by atoms with Crippen molar-refractivity contribution in [2.75, 3.05) is 12.1 Å². The number of rotatable bonds is 7. The van der Waals surface area contributed by atoms with E-state index in [4.69, 9.17) is 32.7 Å². The van der Waals surface area contributed by atoms with Gasteiger partial charge in [-0.15, -0.1) is 0 Å². The number of hydrogen-bond acceptors (Lipinski definition) is 6. The van der Waals surface area contributed by atoms with Crippen LogP contribution in [-0.2, 0) is 20.7 Å². The van der Waals surface area contributed by atoms with Gasteiger partial charge in [-0.25, -0.2) is 4.79 Å². The number of carbonyl (C=O) groups excluding carboxylic acids is 3. The Bertz CT molecular complexity index is 1360. The first kappa shape index (κ1) is 23.4. The van der Waals surface area contributed by atoms with Crippen molar-refractivity contribution in [3.8, 4) is 0 Å². The molecule has 0 aliphatic rings. The Labute approximate surface area is 204 Å². The number of fused-ring (bicyclic) bond motifs is 1. The number of ether oxygens (including phenoxy) is 2. The zero-order chi connectivity index (χ0) is 24.1. The Hall–Kier alpha value is -3.81. The summed E-state index contributed by atoms with van der Waals surface area (Å²) in [5.74, 6) is -0.599. The number of nitrogens with one attached hydrogen (secondary N) is 1. The van der Waals surface area contributed by atoms with Crippen molar-refractivity contribution in [3.05, 3.63) is 94.1 Å². The molecule has 9 heteroatoms. The maximum atomic E-state index is 12.4. The number of anilines is 2. The van der Waals surface area contributed by atoms with E-state index in [1.807, 2.05) is 0 Å². The number of halogens is 2. The third-order valence-electron chi connectivity index (χ3n) is 5.04. The molecule has 0 radical (unpaired) electrons. The Morgan fingerprint density at radius 3 is 2.38 bits per heavy atom. The maximum Gasteiger partial charge on any atom is 0.421 e. The average molecular weight is 497 g/mol. The molecule has 1 N–H and O–H groups in total. The van der Waals surface area contributed by atoms with Gasteiger partial charge in [0.1, 0.15) is 0 Å². The summed E-state index contributed by atoms with van der Waals surface area (Å²) in [7, 11) is 0. The molecule has 0 saturated heterocycles. The van der Waals surface area contributed by atoms with E-state index in [0.717, 1.165) is 0 Å². The van der Waals surface area contributed by atoms with Gasteiger partial charge in [0.25, 0.3) is 0 Å². The first-order chi connectivity index (χ1) is 16.5. The lowest BCUT2D eigenvalue weighted by atomic mass is 10.1. The topological polar surface area (TPSA) is 86.6 Å². The van der Waals surface area contributed by atoms with Crippen molar-refractivity contribution in [3.63, 3.8) is 0 Å². The lowest BCUT2D eigenvalue weighted by Crippen LogP contribution is -2.18. The molecular weight excluding hydrogens is 479 g/mol. The largest absolute Gasteiger partial charge is 0.428 e.